The molecule has 0 saturated carbocycles. The molecule has 12 heteroatoms. The third kappa shape index (κ3) is 6.38. The number of benzene rings is 1. The fourth-order valence-electron chi connectivity index (χ4n) is 3.30. The molecule has 3 N–H and O–H groups in total. The number of nitro benzene ring substituents is 1. The van der Waals surface area contributed by atoms with Crippen LogP contribution in [0.3, 0.4) is 0 Å². The number of aliphatic carboxylic acids is 2. The third-order valence-corrected chi connectivity index (χ3v) is 4.71. The van der Waals surface area contributed by atoms with E-state index in [1.54, 1.807) is 0 Å². The second-order valence-electron chi connectivity index (χ2n) is 7.05. The highest BCUT2D eigenvalue weighted by molar-refractivity contribution is 6.00. The zero-order chi connectivity index (χ0) is 24.7. The highest BCUT2D eigenvalue weighted by Gasteiger charge is 2.38. The van der Waals surface area contributed by atoms with E-state index in [1.165, 1.54) is 38.1 Å². The Morgan fingerprint density at radius 1 is 0.970 bits per heavy atom. The number of rotatable bonds is 10. The first-order valence-electron chi connectivity index (χ1n) is 9.73. The lowest BCUT2D eigenvalue weighted by Gasteiger charge is -2.30. The van der Waals surface area contributed by atoms with Gasteiger partial charge in [-0.1, -0.05) is 12.1 Å². The molecule has 0 aliphatic carbocycles. The first kappa shape index (κ1) is 25.0. The van der Waals surface area contributed by atoms with Crippen molar-refractivity contribution in [1.29, 1.82) is 0 Å². The highest BCUT2D eigenvalue weighted by Crippen LogP contribution is 2.40. The van der Waals surface area contributed by atoms with E-state index in [-0.39, 0.29) is 22.4 Å². The van der Waals surface area contributed by atoms with Gasteiger partial charge in [-0.3, -0.25) is 19.7 Å². The summed E-state index contributed by atoms with van der Waals surface area (Å²) in [4.78, 5) is 57.9. The maximum absolute atomic E-state index is 12.9. The number of nitrogens with one attached hydrogen (secondary N) is 1. The Labute approximate surface area is 187 Å². The number of ether oxygens (including phenoxy) is 2. The molecular formula is C21H22N2O10. The van der Waals surface area contributed by atoms with Crippen LogP contribution in [0.25, 0.3) is 0 Å². The van der Waals surface area contributed by atoms with Gasteiger partial charge >= 0.3 is 23.9 Å². The largest absolute Gasteiger partial charge is 0.481 e. The van der Waals surface area contributed by atoms with Crippen molar-refractivity contribution >= 4 is 29.6 Å². The molecule has 33 heavy (non-hydrogen) atoms. The monoisotopic (exact) mass is 462 g/mol. The number of hydrogen-bond acceptors (Lipinski definition) is 9. The molecule has 0 amide bonds. The van der Waals surface area contributed by atoms with Gasteiger partial charge in [-0.15, -0.1) is 0 Å². The topological polar surface area (TPSA) is 182 Å². The summed E-state index contributed by atoms with van der Waals surface area (Å²) >= 11 is 0. The summed E-state index contributed by atoms with van der Waals surface area (Å²) in [7, 11) is 0. The number of non-ortho nitro benzene ring substituents is 1. The second-order valence-corrected chi connectivity index (χ2v) is 7.05. The molecule has 0 aromatic heterocycles. The van der Waals surface area contributed by atoms with E-state index in [1.807, 2.05) is 0 Å². The van der Waals surface area contributed by atoms with Gasteiger partial charge in [-0.25, -0.2) is 9.59 Å². The summed E-state index contributed by atoms with van der Waals surface area (Å²) in [6.45, 7) is 2.23. The average Bonchev–Trinajstić information content (AvgIpc) is 2.72. The summed E-state index contributed by atoms with van der Waals surface area (Å²) in [6.07, 6.45) is -0.877. The zero-order valence-corrected chi connectivity index (χ0v) is 17.8. The molecule has 0 radical (unpaired) electrons. The van der Waals surface area contributed by atoms with E-state index in [0.29, 0.717) is 11.4 Å². The van der Waals surface area contributed by atoms with Gasteiger partial charge in [-0.2, -0.15) is 0 Å². The molecule has 176 valence electrons. The van der Waals surface area contributed by atoms with Crippen molar-refractivity contribution in [3.63, 3.8) is 0 Å². The van der Waals surface area contributed by atoms with Crippen LogP contribution in [-0.4, -0.2) is 52.2 Å². The number of nitro groups is 1. The second kappa shape index (κ2) is 10.9. The summed E-state index contributed by atoms with van der Waals surface area (Å²) < 4.78 is 10.1. The number of nitrogens with zero attached hydrogens (tertiary/aromatic N) is 1. The van der Waals surface area contributed by atoms with Gasteiger partial charge in [0.15, 0.2) is 0 Å². The van der Waals surface area contributed by atoms with Gasteiger partial charge in [0.05, 0.1) is 34.8 Å². The van der Waals surface area contributed by atoms with Crippen molar-refractivity contribution in [3.05, 3.63) is 62.5 Å². The van der Waals surface area contributed by atoms with E-state index >= 15 is 0 Å². The fourth-order valence-corrected chi connectivity index (χ4v) is 3.30. The molecule has 1 aliphatic rings. The van der Waals surface area contributed by atoms with Crippen molar-refractivity contribution < 1.29 is 43.8 Å². The summed E-state index contributed by atoms with van der Waals surface area (Å²) in [5.74, 6) is -5.32. The molecule has 0 atom stereocenters. The SMILES string of the molecule is CC1=C(C(=O)OCCC(=O)O)C(c2cccc([N+](=O)[O-])c2)C(C(=O)OCCC(=O)O)=C(C)N1. The number of carbonyl (C=O) groups excluding carboxylic acids is 2. The molecule has 1 heterocycles. The Bertz CT molecular complexity index is 1000. The number of carboxylic acid groups (broad SMARTS) is 2. The number of carbonyl (C=O) groups is 4. The van der Waals surface area contributed by atoms with Crippen LogP contribution < -0.4 is 5.32 Å². The zero-order valence-electron chi connectivity index (χ0n) is 17.8. The van der Waals surface area contributed by atoms with Gasteiger partial charge in [0.1, 0.15) is 13.2 Å². The van der Waals surface area contributed by atoms with Crippen LogP contribution in [0.15, 0.2) is 46.8 Å². The quantitative estimate of drug-likeness (QED) is 0.262. The smallest absolute Gasteiger partial charge is 0.336 e. The van der Waals surface area contributed by atoms with Crippen molar-refractivity contribution in [2.24, 2.45) is 0 Å². The molecular weight excluding hydrogens is 440 g/mol. The molecule has 0 spiro atoms. The van der Waals surface area contributed by atoms with Gasteiger partial charge in [0.25, 0.3) is 5.69 Å². The normalized spacial score (nSPS) is 13.9. The van der Waals surface area contributed by atoms with E-state index < -0.39 is 60.8 Å². The van der Waals surface area contributed by atoms with E-state index in [2.05, 4.69) is 5.32 Å². The van der Waals surface area contributed by atoms with Crippen LogP contribution in [0.2, 0.25) is 0 Å². The maximum atomic E-state index is 12.9. The highest BCUT2D eigenvalue weighted by atomic mass is 16.6. The number of allylic oxidation sites excluding steroid dienone is 2. The number of carboxylic acids is 2. The van der Waals surface area contributed by atoms with Crippen LogP contribution in [0.5, 0.6) is 0 Å². The Hall–Kier alpha value is -4.22. The lowest BCUT2D eigenvalue weighted by molar-refractivity contribution is -0.384. The molecule has 0 bridgehead atoms. The minimum Gasteiger partial charge on any atom is -0.481 e. The molecule has 0 unspecified atom stereocenters. The molecule has 2 rings (SSSR count). The Kier molecular flexibility index (Phi) is 8.26. The molecule has 12 nitrogen and oxygen atoms in total. The molecule has 1 aromatic rings. The predicted octanol–water partition coefficient (Wildman–Crippen LogP) is 1.87. The summed E-state index contributed by atoms with van der Waals surface area (Å²) in [6, 6.07) is 5.32. The van der Waals surface area contributed by atoms with Crippen molar-refractivity contribution in [3.8, 4) is 0 Å². The number of dihydropyridines is 1. The van der Waals surface area contributed by atoms with E-state index in [9.17, 15) is 29.3 Å². The standard InChI is InChI=1S/C21H22N2O10/c1-11-17(20(28)32-8-6-15(24)25)19(13-4-3-5-14(10-13)23(30)31)18(12(2)22-11)21(29)33-9-7-16(26)27/h3-5,10,19,22H,6-9H2,1-2H3,(H,24,25)(H,26,27). The van der Waals surface area contributed by atoms with Crippen LogP contribution in [0.4, 0.5) is 5.69 Å². The fraction of sp³-hybridized carbons (Fsp3) is 0.333. The number of hydrogen-bond donors (Lipinski definition) is 3. The van der Waals surface area contributed by atoms with Crippen LogP contribution in [0.1, 0.15) is 38.2 Å². The molecule has 1 aliphatic heterocycles. The number of esters is 2. The Morgan fingerprint density at radius 3 is 1.88 bits per heavy atom. The Balaban J connectivity index is 2.52. The van der Waals surface area contributed by atoms with E-state index in [0.717, 1.165) is 0 Å². The minimum atomic E-state index is -1.18. The maximum Gasteiger partial charge on any atom is 0.336 e. The van der Waals surface area contributed by atoms with Crippen LogP contribution in [-0.2, 0) is 28.7 Å². The van der Waals surface area contributed by atoms with E-state index in [4.69, 9.17) is 19.7 Å². The molecule has 0 saturated heterocycles. The first-order valence-corrected chi connectivity index (χ1v) is 9.73. The lowest BCUT2D eigenvalue weighted by atomic mass is 9.80. The van der Waals surface area contributed by atoms with Crippen LogP contribution >= 0.6 is 0 Å². The summed E-state index contributed by atoms with van der Waals surface area (Å²) in [5.41, 5.74) is 0.421. The van der Waals surface area contributed by atoms with Gasteiger partial charge in [0.2, 0.25) is 0 Å². The van der Waals surface area contributed by atoms with Crippen LogP contribution in [0, 0.1) is 10.1 Å². The van der Waals surface area contributed by atoms with Crippen molar-refractivity contribution in [2.75, 3.05) is 13.2 Å². The third-order valence-electron chi connectivity index (χ3n) is 4.71. The minimum absolute atomic E-state index is 0.0586. The van der Waals surface area contributed by atoms with Gasteiger partial charge in [-0.05, 0) is 19.4 Å². The Morgan fingerprint density at radius 2 is 1.45 bits per heavy atom. The molecule has 1 aromatic carbocycles. The van der Waals surface area contributed by atoms with Crippen molar-refractivity contribution in [1.82, 2.24) is 5.32 Å². The van der Waals surface area contributed by atoms with Gasteiger partial charge < -0.3 is 25.0 Å². The average molecular weight is 462 g/mol. The van der Waals surface area contributed by atoms with Crippen molar-refractivity contribution in [2.45, 2.75) is 32.6 Å². The lowest BCUT2D eigenvalue weighted by Crippen LogP contribution is -2.33. The predicted molar refractivity (Wildman–Crippen MR) is 111 cm³/mol. The molecule has 0 fully saturated rings. The van der Waals surface area contributed by atoms with Gasteiger partial charge in [0, 0.05) is 23.5 Å². The first-order chi connectivity index (χ1) is 15.5. The summed E-state index contributed by atoms with van der Waals surface area (Å²) in [5, 5.41) is 31.7.